The van der Waals surface area contributed by atoms with Crippen molar-refractivity contribution in [3.8, 4) is 22.9 Å². The fourth-order valence-electron chi connectivity index (χ4n) is 4.92. The first kappa shape index (κ1) is 24.2. The maximum atomic E-state index is 12.0. The Balaban J connectivity index is 1.34. The zero-order valence-corrected chi connectivity index (χ0v) is 20.6. The van der Waals surface area contributed by atoms with Crippen LogP contribution in [-0.2, 0) is 30.9 Å². The molecule has 1 aliphatic rings. The van der Waals surface area contributed by atoms with Crippen molar-refractivity contribution in [2.45, 2.75) is 39.1 Å². The number of hydrogen-bond donors (Lipinski definition) is 1. The van der Waals surface area contributed by atoms with Crippen molar-refractivity contribution in [1.29, 1.82) is 5.26 Å². The molecule has 1 N–H and O–H groups in total. The van der Waals surface area contributed by atoms with E-state index in [2.05, 4.69) is 48.3 Å². The largest absolute Gasteiger partial charge is 0.489 e. The molecule has 5 rings (SSSR count). The average molecular weight is 490 g/mol. The molecule has 3 aromatic carbocycles. The van der Waals surface area contributed by atoms with Crippen LogP contribution in [0, 0.1) is 18.3 Å². The molecule has 37 heavy (non-hydrogen) atoms. The van der Waals surface area contributed by atoms with E-state index in [-0.39, 0.29) is 0 Å². The van der Waals surface area contributed by atoms with Gasteiger partial charge in [0.1, 0.15) is 24.5 Å². The summed E-state index contributed by atoms with van der Waals surface area (Å²) < 4.78 is 6.21. The van der Waals surface area contributed by atoms with Crippen LogP contribution in [0.1, 0.15) is 33.4 Å². The predicted octanol–water partition coefficient (Wildman–Crippen LogP) is 5.52. The number of aliphatic carboxylic acids is 1. The summed E-state index contributed by atoms with van der Waals surface area (Å²) in [5.41, 5.74) is 8.03. The van der Waals surface area contributed by atoms with E-state index in [1.54, 1.807) is 12.3 Å². The smallest absolute Gasteiger partial charge is 0.321 e. The van der Waals surface area contributed by atoms with Gasteiger partial charge in [-0.25, -0.2) is 0 Å². The van der Waals surface area contributed by atoms with Crippen LogP contribution in [0.4, 0.5) is 0 Å². The molecule has 6 heteroatoms. The van der Waals surface area contributed by atoms with Gasteiger partial charge >= 0.3 is 5.97 Å². The van der Waals surface area contributed by atoms with Crippen molar-refractivity contribution in [3.63, 3.8) is 0 Å². The van der Waals surface area contributed by atoms with Crippen molar-refractivity contribution in [2.24, 2.45) is 0 Å². The molecule has 0 amide bonds. The number of carbonyl (C=O) groups is 1. The molecule has 2 heterocycles. The first-order valence-corrected chi connectivity index (χ1v) is 12.2. The summed E-state index contributed by atoms with van der Waals surface area (Å²) in [5, 5.41) is 19.1. The summed E-state index contributed by atoms with van der Waals surface area (Å²) >= 11 is 0. The third-order valence-electron chi connectivity index (χ3n) is 6.93. The molecular weight excluding hydrogens is 462 g/mol. The minimum absolute atomic E-state index is 0.398. The van der Waals surface area contributed by atoms with Gasteiger partial charge in [-0.3, -0.25) is 14.7 Å². The second-order valence-corrected chi connectivity index (χ2v) is 9.33. The SMILES string of the molecule is Cc1c(COc2ccc3c(c2)CN(Cc2cncc(C#N)c2)[C@@H](C(=O)O)C3)cccc1-c1ccccc1. The summed E-state index contributed by atoms with van der Waals surface area (Å²) in [5.74, 6) is -0.103. The number of carboxylic acid groups (broad SMARTS) is 1. The Labute approximate surface area is 216 Å². The van der Waals surface area contributed by atoms with Gasteiger partial charge in [-0.15, -0.1) is 0 Å². The number of ether oxygens (including phenoxy) is 1. The van der Waals surface area contributed by atoms with Gasteiger partial charge < -0.3 is 9.84 Å². The van der Waals surface area contributed by atoms with E-state index < -0.39 is 12.0 Å². The van der Waals surface area contributed by atoms with Crippen LogP contribution >= 0.6 is 0 Å². The first-order chi connectivity index (χ1) is 18.0. The molecule has 0 bridgehead atoms. The summed E-state index contributed by atoms with van der Waals surface area (Å²) in [6, 6.07) is 25.7. The van der Waals surface area contributed by atoms with Crippen molar-refractivity contribution in [3.05, 3.63) is 119 Å². The number of aromatic nitrogens is 1. The van der Waals surface area contributed by atoms with E-state index >= 15 is 0 Å². The first-order valence-electron chi connectivity index (χ1n) is 12.2. The number of nitriles is 1. The number of hydrogen-bond acceptors (Lipinski definition) is 5. The highest BCUT2D eigenvalue weighted by molar-refractivity contribution is 5.74. The molecule has 1 aliphatic heterocycles. The second-order valence-electron chi connectivity index (χ2n) is 9.33. The third-order valence-corrected chi connectivity index (χ3v) is 6.93. The van der Waals surface area contributed by atoms with Gasteiger partial charge in [0.05, 0.1) is 5.56 Å². The molecule has 0 radical (unpaired) electrons. The van der Waals surface area contributed by atoms with Crippen LogP contribution in [0.3, 0.4) is 0 Å². The highest BCUT2D eigenvalue weighted by Gasteiger charge is 2.31. The zero-order chi connectivity index (χ0) is 25.8. The van der Waals surface area contributed by atoms with Crippen molar-refractivity contribution in [1.82, 2.24) is 9.88 Å². The normalized spacial score (nSPS) is 15.0. The monoisotopic (exact) mass is 489 g/mol. The Kier molecular flexibility index (Phi) is 6.98. The number of fused-ring (bicyclic) bond motifs is 1. The number of benzene rings is 3. The molecule has 6 nitrogen and oxygen atoms in total. The Morgan fingerprint density at radius 2 is 1.92 bits per heavy atom. The van der Waals surface area contributed by atoms with Crippen LogP contribution in [0.2, 0.25) is 0 Å². The minimum atomic E-state index is -0.857. The molecule has 0 saturated heterocycles. The van der Waals surface area contributed by atoms with E-state index in [9.17, 15) is 15.2 Å². The minimum Gasteiger partial charge on any atom is -0.489 e. The highest BCUT2D eigenvalue weighted by atomic mass is 16.5. The lowest BCUT2D eigenvalue weighted by Crippen LogP contribution is -2.45. The Morgan fingerprint density at radius 3 is 2.70 bits per heavy atom. The van der Waals surface area contributed by atoms with Crippen LogP contribution < -0.4 is 4.74 Å². The molecule has 0 fully saturated rings. The van der Waals surface area contributed by atoms with Crippen molar-refractivity contribution < 1.29 is 14.6 Å². The standard InChI is InChI=1S/C31H27N3O3/c1-21-26(8-5-9-29(21)24-6-3-2-4-7-24)20-37-28-11-10-25-14-30(31(35)36)34(19-27(25)13-28)18-23-12-22(15-32)16-33-17-23/h2-13,16-17,30H,14,18-20H2,1H3,(H,35,36)/t30-/m1/s1. The van der Waals surface area contributed by atoms with Gasteiger partial charge in [0, 0.05) is 25.5 Å². The number of pyridine rings is 1. The fraction of sp³-hybridized carbons (Fsp3) is 0.194. The second kappa shape index (κ2) is 10.7. The summed E-state index contributed by atoms with van der Waals surface area (Å²) in [4.78, 5) is 18.1. The lowest BCUT2D eigenvalue weighted by Gasteiger charge is -2.34. The van der Waals surface area contributed by atoms with Crippen LogP contribution in [-0.4, -0.2) is 27.0 Å². The molecule has 1 aromatic heterocycles. The van der Waals surface area contributed by atoms with Crippen LogP contribution in [0.15, 0.2) is 85.2 Å². The van der Waals surface area contributed by atoms with Gasteiger partial charge in [-0.2, -0.15) is 5.26 Å². The Morgan fingerprint density at radius 1 is 1.08 bits per heavy atom. The van der Waals surface area contributed by atoms with Gasteiger partial charge in [0.2, 0.25) is 0 Å². The topological polar surface area (TPSA) is 86.5 Å². The van der Waals surface area contributed by atoms with E-state index in [0.717, 1.165) is 28.0 Å². The fourth-order valence-corrected chi connectivity index (χ4v) is 4.92. The molecule has 0 unspecified atom stereocenters. The lowest BCUT2D eigenvalue weighted by molar-refractivity contribution is -0.144. The average Bonchev–Trinajstić information content (AvgIpc) is 2.92. The summed E-state index contributed by atoms with van der Waals surface area (Å²) in [6.07, 6.45) is 3.60. The van der Waals surface area contributed by atoms with Crippen molar-refractivity contribution >= 4 is 5.97 Å². The van der Waals surface area contributed by atoms with Crippen LogP contribution in [0.25, 0.3) is 11.1 Å². The Hall–Kier alpha value is -4.47. The van der Waals surface area contributed by atoms with Gasteiger partial charge in [0.25, 0.3) is 0 Å². The summed E-state index contributed by atoms with van der Waals surface area (Å²) in [7, 11) is 0. The number of nitrogens with zero attached hydrogens (tertiary/aromatic N) is 3. The molecule has 184 valence electrons. The molecule has 4 aromatic rings. The zero-order valence-electron chi connectivity index (χ0n) is 20.6. The third kappa shape index (κ3) is 5.37. The van der Waals surface area contributed by atoms with E-state index in [1.807, 2.05) is 41.3 Å². The van der Waals surface area contributed by atoms with Crippen LogP contribution in [0.5, 0.6) is 5.75 Å². The molecular formula is C31H27N3O3. The summed E-state index contributed by atoms with van der Waals surface area (Å²) in [6.45, 7) is 3.44. The molecule has 0 aliphatic carbocycles. The lowest BCUT2D eigenvalue weighted by atomic mass is 9.93. The van der Waals surface area contributed by atoms with E-state index in [1.165, 1.54) is 22.9 Å². The maximum Gasteiger partial charge on any atom is 0.321 e. The van der Waals surface area contributed by atoms with Gasteiger partial charge in [-0.05, 0) is 70.5 Å². The Bertz CT molecular complexity index is 1480. The number of carboxylic acids is 1. The number of rotatable bonds is 7. The molecule has 1 atom stereocenters. The van der Waals surface area contributed by atoms with E-state index in [0.29, 0.717) is 31.7 Å². The molecule has 0 spiro atoms. The predicted molar refractivity (Wildman–Crippen MR) is 141 cm³/mol. The maximum absolute atomic E-state index is 12.0. The van der Waals surface area contributed by atoms with Gasteiger partial charge in [-0.1, -0.05) is 54.6 Å². The van der Waals surface area contributed by atoms with E-state index in [4.69, 9.17) is 4.74 Å². The van der Waals surface area contributed by atoms with Gasteiger partial charge in [0.15, 0.2) is 0 Å². The van der Waals surface area contributed by atoms with Crippen molar-refractivity contribution in [2.75, 3.05) is 0 Å². The quantitative estimate of drug-likeness (QED) is 0.368. The highest BCUT2D eigenvalue weighted by Crippen LogP contribution is 2.30. The molecule has 0 saturated carbocycles.